The molecule has 4 rings (SSSR count). The molecule has 0 saturated heterocycles. The molecule has 1 fully saturated rings. The molecule has 1 aromatic carbocycles. The highest BCUT2D eigenvalue weighted by Crippen LogP contribution is 2.35. The van der Waals surface area contributed by atoms with Crippen LogP contribution in [0.2, 0.25) is 0 Å². The van der Waals surface area contributed by atoms with Gasteiger partial charge in [-0.1, -0.05) is 24.3 Å². The smallest absolute Gasteiger partial charge is 0.204 e. The Morgan fingerprint density at radius 3 is 2.42 bits per heavy atom. The molecule has 0 bridgehead atoms. The molecule has 0 aliphatic heterocycles. The van der Waals surface area contributed by atoms with Crippen LogP contribution in [0.3, 0.4) is 0 Å². The summed E-state index contributed by atoms with van der Waals surface area (Å²) in [5, 5.41) is 17.3. The van der Waals surface area contributed by atoms with E-state index >= 15 is 0 Å². The van der Waals surface area contributed by atoms with Crippen LogP contribution in [0.4, 0.5) is 0 Å². The third-order valence-corrected chi connectivity index (χ3v) is 4.43. The molecule has 2 N–H and O–H groups in total. The van der Waals surface area contributed by atoms with E-state index in [1.807, 2.05) is 43.6 Å². The fourth-order valence-electron chi connectivity index (χ4n) is 2.59. The number of hydrogen-bond donors (Lipinski definition) is 2. The summed E-state index contributed by atoms with van der Waals surface area (Å²) >= 11 is 0. The molecule has 26 heavy (non-hydrogen) atoms. The van der Waals surface area contributed by atoms with Crippen molar-refractivity contribution in [3.8, 4) is 28.3 Å². The molecule has 0 radical (unpaired) electrons. The maximum absolute atomic E-state index is 5.91. The Kier molecular flexibility index (Phi) is 6.52. The van der Waals surface area contributed by atoms with Gasteiger partial charge in [0.1, 0.15) is 12.4 Å². The molecule has 3 aromatic rings. The van der Waals surface area contributed by atoms with Gasteiger partial charge in [0.15, 0.2) is 0 Å². The van der Waals surface area contributed by atoms with E-state index in [0.717, 1.165) is 35.3 Å². The number of aromatic amines is 1. The molecule has 0 amide bonds. The number of aromatic nitrogens is 5. The van der Waals surface area contributed by atoms with Crippen molar-refractivity contribution >= 4 is 24.8 Å². The van der Waals surface area contributed by atoms with Crippen molar-refractivity contribution in [3.05, 3.63) is 42.7 Å². The first-order valence-electron chi connectivity index (χ1n) is 7.89. The van der Waals surface area contributed by atoms with Gasteiger partial charge < -0.3 is 10.1 Å². The zero-order valence-electron chi connectivity index (χ0n) is 14.2. The van der Waals surface area contributed by atoms with E-state index in [4.69, 9.17) is 4.74 Å². The Morgan fingerprint density at radius 2 is 1.81 bits per heavy atom. The van der Waals surface area contributed by atoms with E-state index < -0.39 is 0 Å². The van der Waals surface area contributed by atoms with E-state index in [2.05, 4.69) is 30.9 Å². The number of likely N-dealkylation sites (N-methyl/N-ethyl adjacent to an activating group) is 1. The minimum absolute atomic E-state index is 0. The zero-order chi connectivity index (χ0) is 16.4. The van der Waals surface area contributed by atoms with Gasteiger partial charge in [0.25, 0.3) is 0 Å². The van der Waals surface area contributed by atoms with Gasteiger partial charge in [0, 0.05) is 17.3 Å². The average molecular weight is 395 g/mol. The summed E-state index contributed by atoms with van der Waals surface area (Å²) in [5.41, 5.74) is 3.15. The van der Waals surface area contributed by atoms with Crippen molar-refractivity contribution in [1.29, 1.82) is 0 Å². The third kappa shape index (κ3) is 4.30. The molecule has 0 unspecified atom stereocenters. The third-order valence-electron chi connectivity index (χ3n) is 4.43. The number of benzene rings is 1. The minimum atomic E-state index is 0. The molecule has 0 atom stereocenters. The molecule has 138 valence electrons. The van der Waals surface area contributed by atoms with Gasteiger partial charge in [0.2, 0.25) is 5.82 Å². The first-order valence-corrected chi connectivity index (χ1v) is 7.89. The molecule has 9 heteroatoms. The van der Waals surface area contributed by atoms with Gasteiger partial charge >= 0.3 is 0 Å². The first-order chi connectivity index (χ1) is 11.8. The molecule has 2 aromatic heterocycles. The summed E-state index contributed by atoms with van der Waals surface area (Å²) in [6.45, 7) is 0.672. The maximum Gasteiger partial charge on any atom is 0.204 e. The van der Waals surface area contributed by atoms with Crippen LogP contribution in [-0.2, 0) is 0 Å². The highest BCUT2D eigenvalue weighted by molar-refractivity contribution is 5.85. The lowest BCUT2D eigenvalue weighted by molar-refractivity contribution is 0.259. The van der Waals surface area contributed by atoms with E-state index in [9.17, 15) is 0 Å². The SMILES string of the molecule is CNC1(COc2cncc(-c3ccc(-c4nn[nH]n4)cc3)c2)CC1.Cl.Cl. The van der Waals surface area contributed by atoms with Gasteiger partial charge in [-0.05, 0) is 36.7 Å². The Bertz CT molecular complexity index is 822. The van der Waals surface area contributed by atoms with Crippen LogP contribution in [0.5, 0.6) is 5.75 Å². The van der Waals surface area contributed by atoms with Crippen LogP contribution < -0.4 is 10.1 Å². The Balaban J connectivity index is 0.00000121. The summed E-state index contributed by atoms with van der Waals surface area (Å²) in [4.78, 5) is 4.30. The first kappa shape index (κ1) is 20.1. The topological polar surface area (TPSA) is 88.6 Å². The molecule has 0 spiro atoms. The number of pyridine rings is 1. The Morgan fingerprint density at radius 1 is 1.08 bits per heavy atom. The van der Waals surface area contributed by atoms with Crippen LogP contribution in [0.15, 0.2) is 42.7 Å². The molecule has 7 nitrogen and oxygen atoms in total. The van der Waals surface area contributed by atoms with Crippen molar-refractivity contribution in [2.75, 3.05) is 13.7 Å². The van der Waals surface area contributed by atoms with Gasteiger partial charge in [-0.15, -0.1) is 35.0 Å². The monoisotopic (exact) mass is 394 g/mol. The highest BCUT2D eigenvalue weighted by Gasteiger charge is 2.41. The van der Waals surface area contributed by atoms with Crippen LogP contribution in [0.25, 0.3) is 22.5 Å². The lowest BCUT2D eigenvalue weighted by atomic mass is 10.1. The number of rotatable bonds is 6. The number of halogens is 2. The predicted octanol–water partition coefficient (Wildman–Crippen LogP) is 2.90. The molecular weight excluding hydrogens is 375 g/mol. The van der Waals surface area contributed by atoms with Gasteiger partial charge in [-0.2, -0.15) is 5.21 Å². The number of hydrogen-bond acceptors (Lipinski definition) is 6. The summed E-state index contributed by atoms with van der Waals surface area (Å²) in [5.74, 6) is 1.37. The minimum Gasteiger partial charge on any atom is -0.490 e. The molecule has 1 aliphatic carbocycles. The van der Waals surface area contributed by atoms with Gasteiger partial charge in [-0.25, -0.2) is 0 Å². The lowest BCUT2D eigenvalue weighted by Gasteiger charge is -2.15. The highest BCUT2D eigenvalue weighted by atomic mass is 35.5. The van der Waals surface area contributed by atoms with Gasteiger partial charge in [-0.3, -0.25) is 4.98 Å². The quantitative estimate of drug-likeness (QED) is 0.667. The number of H-pyrrole nitrogens is 1. The van der Waals surface area contributed by atoms with Crippen LogP contribution in [0.1, 0.15) is 12.8 Å². The van der Waals surface area contributed by atoms with Crippen molar-refractivity contribution < 1.29 is 4.74 Å². The predicted molar refractivity (Wildman–Crippen MR) is 104 cm³/mol. The largest absolute Gasteiger partial charge is 0.490 e. The number of nitrogens with one attached hydrogen (secondary N) is 2. The molecular formula is C17H20Cl2N6O. The summed E-state index contributed by atoms with van der Waals surface area (Å²) in [7, 11) is 1.98. The second-order valence-electron chi connectivity index (χ2n) is 6.04. The second-order valence-corrected chi connectivity index (χ2v) is 6.04. The average Bonchev–Trinajstić information content (AvgIpc) is 3.22. The van der Waals surface area contributed by atoms with E-state index in [-0.39, 0.29) is 30.4 Å². The van der Waals surface area contributed by atoms with Gasteiger partial charge in [0.05, 0.1) is 11.7 Å². The Hall–Kier alpha value is -2.22. The number of nitrogens with zero attached hydrogens (tertiary/aromatic N) is 4. The number of tetrazole rings is 1. The van der Waals surface area contributed by atoms with Crippen LogP contribution in [0, 0.1) is 0 Å². The van der Waals surface area contributed by atoms with E-state index in [1.54, 1.807) is 6.20 Å². The van der Waals surface area contributed by atoms with E-state index in [0.29, 0.717) is 12.4 Å². The summed E-state index contributed by atoms with van der Waals surface area (Å²) in [6, 6.07) is 9.98. The normalized spacial score (nSPS) is 14.0. The summed E-state index contributed by atoms with van der Waals surface area (Å²) in [6.07, 6.45) is 5.91. The molecule has 2 heterocycles. The maximum atomic E-state index is 5.91. The van der Waals surface area contributed by atoms with Crippen molar-refractivity contribution in [1.82, 2.24) is 30.9 Å². The van der Waals surface area contributed by atoms with E-state index in [1.165, 1.54) is 0 Å². The molecule has 1 saturated carbocycles. The molecule has 1 aliphatic rings. The zero-order valence-corrected chi connectivity index (χ0v) is 15.8. The second kappa shape index (κ2) is 8.44. The lowest BCUT2D eigenvalue weighted by Crippen LogP contribution is -2.33. The van der Waals surface area contributed by atoms with Crippen molar-refractivity contribution in [3.63, 3.8) is 0 Å². The fraction of sp³-hybridized carbons (Fsp3) is 0.294. The summed E-state index contributed by atoms with van der Waals surface area (Å²) < 4.78 is 5.91. The Labute approximate surface area is 163 Å². The fourth-order valence-corrected chi connectivity index (χ4v) is 2.59. The van der Waals surface area contributed by atoms with Crippen LogP contribution >= 0.6 is 24.8 Å². The van der Waals surface area contributed by atoms with Crippen molar-refractivity contribution in [2.24, 2.45) is 0 Å². The standard InChI is InChI=1S/C17H18N6O.2ClH/c1-18-17(6-7-17)11-24-15-8-14(9-19-10-15)12-2-4-13(5-3-12)16-20-22-23-21-16;;/h2-5,8-10,18H,6-7,11H2,1H3,(H,20,21,22,23);2*1H. The van der Waals surface area contributed by atoms with Crippen molar-refractivity contribution in [2.45, 2.75) is 18.4 Å². The number of ether oxygens (including phenoxy) is 1. The van der Waals surface area contributed by atoms with Crippen LogP contribution in [-0.4, -0.2) is 44.8 Å².